The summed E-state index contributed by atoms with van der Waals surface area (Å²) in [4.78, 5) is 11.8. The summed E-state index contributed by atoms with van der Waals surface area (Å²) in [5.74, 6) is 5.16. The fraction of sp³-hybridized carbons (Fsp3) is 0.273. The molecule has 2 N–H and O–H groups in total. The van der Waals surface area contributed by atoms with E-state index in [2.05, 4.69) is 5.10 Å². The van der Waals surface area contributed by atoms with Crippen molar-refractivity contribution in [3.05, 3.63) is 34.4 Å². The summed E-state index contributed by atoms with van der Waals surface area (Å²) < 4.78 is 0. The predicted molar refractivity (Wildman–Crippen MR) is 55.6 cm³/mol. The summed E-state index contributed by atoms with van der Waals surface area (Å²) in [6.45, 7) is 3.95. The second-order valence-corrected chi connectivity index (χ2v) is 3.63. The van der Waals surface area contributed by atoms with Crippen molar-refractivity contribution in [2.45, 2.75) is 20.3 Å². The number of rotatable bonds is 0. The van der Waals surface area contributed by atoms with Crippen LogP contribution in [0.5, 0.6) is 0 Å². The minimum Gasteiger partial charge on any atom is -0.323 e. The lowest BCUT2D eigenvalue weighted by atomic mass is 10.00. The first kappa shape index (κ1) is 8.94. The van der Waals surface area contributed by atoms with Crippen LogP contribution >= 0.6 is 0 Å². The van der Waals surface area contributed by atoms with E-state index in [1.54, 1.807) is 0 Å². The van der Waals surface area contributed by atoms with Crippen LogP contribution in [0.3, 0.4) is 0 Å². The normalized spacial score (nSPS) is 17.6. The number of aryl methyl sites for hydroxylation is 2. The molecule has 0 heterocycles. The second kappa shape index (κ2) is 2.94. The zero-order valence-corrected chi connectivity index (χ0v) is 8.29. The summed E-state index contributed by atoms with van der Waals surface area (Å²) in [7, 11) is 0. The van der Waals surface area contributed by atoms with Crippen LogP contribution in [-0.4, -0.2) is 11.5 Å². The number of carbonyl (C=O) groups is 1. The van der Waals surface area contributed by atoms with E-state index in [1.165, 1.54) is 0 Å². The first-order valence-electron chi connectivity index (χ1n) is 4.55. The first-order chi connectivity index (χ1) is 6.65. The molecular formula is C11H12N2O. The number of Topliss-reactive ketones (excluding diaryl/α,β-unsaturated/α-hetero) is 1. The lowest BCUT2D eigenvalue weighted by Crippen LogP contribution is -2.10. The van der Waals surface area contributed by atoms with Gasteiger partial charge in [0, 0.05) is 12.0 Å². The Morgan fingerprint density at radius 3 is 2.50 bits per heavy atom. The van der Waals surface area contributed by atoms with Crippen LogP contribution in [0, 0.1) is 13.8 Å². The highest BCUT2D eigenvalue weighted by atomic mass is 16.1. The Hall–Kier alpha value is -1.64. The highest BCUT2D eigenvalue weighted by Gasteiger charge is 2.28. The number of hydrogen-bond acceptors (Lipinski definition) is 3. The Balaban J connectivity index is 2.70. The number of hydrazone groups is 1. The molecule has 0 bridgehead atoms. The van der Waals surface area contributed by atoms with Crippen LogP contribution in [0.4, 0.5) is 0 Å². The Morgan fingerprint density at radius 2 is 1.93 bits per heavy atom. The van der Waals surface area contributed by atoms with E-state index < -0.39 is 0 Å². The first-order valence-corrected chi connectivity index (χ1v) is 4.55. The maximum atomic E-state index is 11.8. The molecule has 1 aromatic rings. The predicted octanol–water partition coefficient (Wildman–Crippen LogP) is 1.36. The number of fused-ring (bicyclic) bond motifs is 1. The third kappa shape index (κ3) is 1.05. The Labute approximate surface area is 82.6 Å². The monoisotopic (exact) mass is 188 g/mol. The Morgan fingerprint density at radius 1 is 1.29 bits per heavy atom. The average Bonchev–Trinajstić information content (AvgIpc) is 2.51. The van der Waals surface area contributed by atoms with Crippen molar-refractivity contribution in [3.8, 4) is 0 Å². The summed E-state index contributed by atoms with van der Waals surface area (Å²) in [6.07, 6.45) is 0.582. The number of nitrogens with zero attached hydrogens (tertiary/aromatic N) is 1. The molecule has 0 saturated carbocycles. The summed E-state index contributed by atoms with van der Waals surface area (Å²) in [5.41, 5.74) is 4.50. The largest absolute Gasteiger partial charge is 0.323 e. The third-order valence-electron chi connectivity index (χ3n) is 2.74. The summed E-state index contributed by atoms with van der Waals surface area (Å²) in [5, 5.41) is 3.53. The van der Waals surface area contributed by atoms with Crippen LogP contribution in [-0.2, 0) is 6.42 Å². The molecule has 3 nitrogen and oxygen atoms in total. The van der Waals surface area contributed by atoms with E-state index in [0.29, 0.717) is 12.1 Å². The molecule has 0 radical (unpaired) electrons. The van der Waals surface area contributed by atoms with Crippen LogP contribution in [0.1, 0.15) is 27.0 Å². The van der Waals surface area contributed by atoms with Crippen molar-refractivity contribution in [1.82, 2.24) is 0 Å². The van der Waals surface area contributed by atoms with E-state index in [0.717, 1.165) is 22.3 Å². The van der Waals surface area contributed by atoms with Crippen molar-refractivity contribution in [3.63, 3.8) is 0 Å². The lowest BCUT2D eigenvalue weighted by molar-refractivity contribution is 0.106. The Kier molecular flexibility index (Phi) is 1.88. The molecule has 0 aliphatic heterocycles. The molecule has 72 valence electrons. The summed E-state index contributed by atoms with van der Waals surface area (Å²) >= 11 is 0. The standard InChI is InChI=1S/C11H12N2O/c1-6-3-4-7(2)10-8(6)5-9(13-12)11(10)14/h3-4H,5,12H2,1-2H3/b13-9+. The average molecular weight is 188 g/mol. The van der Waals surface area contributed by atoms with Crippen molar-refractivity contribution in [2.75, 3.05) is 0 Å². The molecule has 14 heavy (non-hydrogen) atoms. The van der Waals surface area contributed by atoms with Gasteiger partial charge in [0.1, 0.15) is 5.71 Å². The topological polar surface area (TPSA) is 55.4 Å². The van der Waals surface area contributed by atoms with E-state index in [4.69, 9.17) is 5.84 Å². The van der Waals surface area contributed by atoms with Gasteiger partial charge < -0.3 is 5.84 Å². The lowest BCUT2D eigenvalue weighted by Gasteiger charge is -2.04. The van der Waals surface area contributed by atoms with Gasteiger partial charge in [-0.05, 0) is 30.5 Å². The van der Waals surface area contributed by atoms with Gasteiger partial charge in [-0.15, -0.1) is 0 Å². The third-order valence-corrected chi connectivity index (χ3v) is 2.74. The maximum Gasteiger partial charge on any atom is 0.209 e. The molecule has 0 saturated heterocycles. The molecule has 0 atom stereocenters. The van der Waals surface area contributed by atoms with Crippen LogP contribution in [0.25, 0.3) is 0 Å². The summed E-state index contributed by atoms with van der Waals surface area (Å²) in [6, 6.07) is 3.99. The smallest absolute Gasteiger partial charge is 0.209 e. The molecule has 1 aliphatic rings. The highest BCUT2D eigenvalue weighted by Crippen LogP contribution is 2.26. The van der Waals surface area contributed by atoms with Gasteiger partial charge in [0.25, 0.3) is 0 Å². The zero-order chi connectivity index (χ0) is 10.3. The van der Waals surface area contributed by atoms with Crippen molar-refractivity contribution in [1.29, 1.82) is 0 Å². The van der Waals surface area contributed by atoms with Crippen molar-refractivity contribution >= 4 is 11.5 Å². The molecule has 2 rings (SSSR count). The maximum absolute atomic E-state index is 11.8. The van der Waals surface area contributed by atoms with Gasteiger partial charge in [-0.25, -0.2) is 0 Å². The van der Waals surface area contributed by atoms with Gasteiger partial charge in [-0.2, -0.15) is 5.10 Å². The quantitative estimate of drug-likeness (QED) is 0.493. The Bertz CT molecular complexity index is 447. The van der Waals surface area contributed by atoms with Crippen LogP contribution < -0.4 is 5.84 Å². The molecule has 3 heteroatoms. The molecule has 0 amide bonds. The van der Waals surface area contributed by atoms with Crippen molar-refractivity contribution < 1.29 is 4.79 Å². The van der Waals surface area contributed by atoms with Gasteiger partial charge in [0.2, 0.25) is 5.78 Å². The zero-order valence-electron chi connectivity index (χ0n) is 8.29. The van der Waals surface area contributed by atoms with Crippen molar-refractivity contribution in [2.24, 2.45) is 10.9 Å². The molecule has 1 aromatic carbocycles. The van der Waals surface area contributed by atoms with E-state index >= 15 is 0 Å². The van der Waals surface area contributed by atoms with E-state index in [-0.39, 0.29) is 5.78 Å². The molecular weight excluding hydrogens is 176 g/mol. The van der Waals surface area contributed by atoms with Crippen LogP contribution in [0.15, 0.2) is 17.2 Å². The molecule has 1 aliphatic carbocycles. The van der Waals surface area contributed by atoms with E-state index in [9.17, 15) is 4.79 Å². The minimum atomic E-state index is -0.0105. The van der Waals surface area contributed by atoms with Gasteiger partial charge in [0.05, 0.1) is 0 Å². The SMILES string of the molecule is Cc1ccc(C)c2c1C/C(=N\N)C2=O. The van der Waals surface area contributed by atoms with Gasteiger partial charge >= 0.3 is 0 Å². The fourth-order valence-electron chi connectivity index (χ4n) is 1.91. The van der Waals surface area contributed by atoms with Gasteiger partial charge in [-0.3, -0.25) is 4.79 Å². The second-order valence-electron chi connectivity index (χ2n) is 3.63. The minimum absolute atomic E-state index is 0.0105. The number of hydrogen-bond donors (Lipinski definition) is 1. The fourth-order valence-corrected chi connectivity index (χ4v) is 1.91. The molecule has 0 fully saturated rings. The van der Waals surface area contributed by atoms with Gasteiger partial charge in [0.15, 0.2) is 0 Å². The van der Waals surface area contributed by atoms with E-state index in [1.807, 2.05) is 26.0 Å². The van der Waals surface area contributed by atoms with Crippen LogP contribution in [0.2, 0.25) is 0 Å². The molecule has 0 spiro atoms. The number of benzene rings is 1. The highest BCUT2D eigenvalue weighted by molar-refractivity contribution is 6.49. The number of ketones is 1. The number of carbonyl (C=O) groups excluding carboxylic acids is 1. The van der Waals surface area contributed by atoms with Gasteiger partial charge in [-0.1, -0.05) is 12.1 Å². The molecule has 0 unspecified atom stereocenters. The molecule has 0 aromatic heterocycles. The number of nitrogens with two attached hydrogens (primary N) is 1.